The molecule has 2 nitrogen and oxygen atoms in total. The lowest BCUT2D eigenvalue weighted by Gasteiger charge is -2.10. The summed E-state index contributed by atoms with van der Waals surface area (Å²) < 4.78 is 12.7. The molecule has 98 valence electrons. The molecule has 0 aliphatic rings. The smallest absolute Gasteiger partial charge is 0.242 e. The van der Waals surface area contributed by atoms with Crippen molar-refractivity contribution in [1.82, 2.24) is 5.32 Å². The second kappa shape index (κ2) is 6.34. The zero-order valence-electron chi connectivity index (χ0n) is 10.1. The van der Waals surface area contributed by atoms with E-state index in [9.17, 15) is 9.18 Å². The van der Waals surface area contributed by atoms with Gasteiger partial charge in [0.2, 0.25) is 5.91 Å². The standard InChI is InChI=1S/C15H13ClFNO/c16-14(12-4-2-1-3-5-12)15(19)18-10-11-6-8-13(17)9-7-11/h1-9,14H,10H2,(H,18,19). The highest BCUT2D eigenvalue weighted by Gasteiger charge is 2.16. The van der Waals surface area contributed by atoms with Crippen molar-refractivity contribution in [1.29, 1.82) is 0 Å². The van der Waals surface area contributed by atoms with Gasteiger partial charge < -0.3 is 5.32 Å². The van der Waals surface area contributed by atoms with Gasteiger partial charge in [-0.3, -0.25) is 4.79 Å². The first-order chi connectivity index (χ1) is 9.16. The van der Waals surface area contributed by atoms with Gasteiger partial charge in [-0.05, 0) is 23.3 Å². The Balaban J connectivity index is 1.93. The number of carbonyl (C=O) groups excluding carboxylic acids is 1. The first-order valence-corrected chi connectivity index (χ1v) is 6.31. The fourth-order valence-corrected chi connectivity index (χ4v) is 1.88. The molecule has 1 amide bonds. The molecule has 0 aliphatic carbocycles. The number of benzene rings is 2. The number of rotatable bonds is 4. The molecule has 19 heavy (non-hydrogen) atoms. The van der Waals surface area contributed by atoms with Gasteiger partial charge in [-0.25, -0.2) is 4.39 Å². The summed E-state index contributed by atoms with van der Waals surface area (Å²) in [5.74, 6) is -0.563. The Morgan fingerprint density at radius 1 is 1.11 bits per heavy atom. The normalized spacial score (nSPS) is 11.9. The van der Waals surface area contributed by atoms with Crippen LogP contribution < -0.4 is 5.32 Å². The Labute approximate surface area is 116 Å². The van der Waals surface area contributed by atoms with Crippen molar-refractivity contribution in [2.45, 2.75) is 11.9 Å². The highest BCUT2D eigenvalue weighted by atomic mass is 35.5. The number of amides is 1. The molecule has 2 aromatic rings. The lowest BCUT2D eigenvalue weighted by Crippen LogP contribution is -2.26. The van der Waals surface area contributed by atoms with Crippen molar-refractivity contribution in [2.24, 2.45) is 0 Å². The second-order valence-electron chi connectivity index (χ2n) is 4.12. The van der Waals surface area contributed by atoms with Crippen LogP contribution in [0.4, 0.5) is 4.39 Å². The van der Waals surface area contributed by atoms with Gasteiger partial charge in [0.05, 0.1) is 0 Å². The number of alkyl halides is 1. The monoisotopic (exact) mass is 277 g/mol. The van der Waals surface area contributed by atoms with Crippen LogP contribution in [0.1, 0.15) is 16.5 Å². The molecule has 0 aliphatic heterocycles. The predicted octanol–water partition coefficient (Wildman–Crippen LogP) is 3.42. The van der Waals surface area contributed by atoms with Crippen molar-refractivity contribution in [3.63, 3.8) is 0 Å². The van der Waals surface area contributed by atoms with Crippen LogP contribution in [0.15, 0.2) is 54.6 Å². The zero-order chi connectivity index (χ0) is 13.7. The summed E-state index contributed by atoms with van der Waals surface area (Å²) in [5, 5.41) is 2.00. The Hall–Kier alpha value is -1.87. The Kier molecular flexibility index (Phi) is 4.53. The molecule has 2 rings (SSSR count). The topological polar surface area (TPSA) is 29.1 Å². The third kappa shape index (κ3) is 3.80. The average Bonchev–Trinajstić information content (AvgIpc) is 2.46. The maximum absolute atomic E-state index is 12.7. The van der Waals surface area contributed by atoms with Crippen molar-refractivity contribution >= 4 is 17.5 Å². The Morgan fingerprint density at radius 2 is 1.74 bits per heavy atom. The van der Waals surface area contributed by atoms with E-state index in [1.807, 2.05) is 18.2 Å². The molecular formula is C15H13ClFNO. The minimum absolute atomic E-state index is 0.266. The maximum Gasteiger partial charge on any atom is 0.242 e. The number of hydrogen-bond donors (Lipinski definition) is 1. The first-order valence-electron chi connectivity index (χ1n) is 5.88. The Bertz CT molecular complexity index is 542. The minimum Gasteiger partial charge on any atom is -0.350 e. The van der Waals surface area contributed by atoms with Crippen LogP contribution in [0.5, 0.6) is 0 Å². The van der Waals surface area contributed by atoms with Gasteiger partial charge in [-0.1, -0.05) is 42.5 Å². The summed E-state index contributed by atoms with van der Waals surface area (Å²) in [5.41, 5.74) is 1.58. The number of hydrogen-bond acceptors (Lipinski definition) is 1. The largest absolute Gasteiger partial charge is 0.350 e. The fraction of sp³-hybridized carbons (Fsp3) is 0.133. The number of nitrogens with one attached hydrogen (secondary N) is 1. The van der Waals surface area contributed by atoms with Crippen LogP contribution >= 0.6 is 11.6 Å². The van der Waals surface area contributed by atoms with E-state index in [-0.39, 0.29) is 11.7 Å². The summed E-state index contributed by atoms with van der Waals surface area (Å²) in [6.07, 6.45) is 0. The third-order valence-electron chi connectivity index (χ3n) is 2.70. The molecule has 1 unspecified atom stereocenters. The van der Waals surface area contributed by atoms with Crippen molar-refractivity contribution < 1.29 is 9.18 Å². The van der Waals surface area contributed by atoms with Crippen molar-refractivity contribution in [2.75, 3.05) is 0 Å². The molecule has 0 spiro atoms. The fourth-order valence-electron chi connectivity index (χ4n) is 1.65. The van der Waals surface area contributed by atoms with E-state index < -0.39 is 5.38 Å². The molecule has 2 aromatic carbocycles. The van der Waals surface area contributed by atoms with E-state index >= 15 is 0 Å². The van der Waals surface area contributed by atoms with E-state index in [4.69, 9.17) is 11.6 Å². The second-order valence-corrected chi connectivity index (χ2v) is 4.55. The molecular weight excluding hydrogens is 265 g/mol. The quantitative estimate of drug-likeness (QED) is 0.853. The van der Waals surface area contributed by atoms with E-state index in [2.05, 4.69) is 5.32 Å². The third-order valence-corrected chi connectivity index (χ3v) is 3.15. The predicted molar refractivity (Wildman–Crippen MR) is 73.3 cm³/mol. The van der Waals surface area contributed by atoms with Crippen molar-refractivity contribution in [3.05, 3.63) is 71.5 Å². The maximum atomic E-state index is 12.7. The number of halogens is 2. The van der Waals surface area contributed by atoms with Crippen LogP contribution in [0.3, 0.4) is 0 Å². The molecule has 1 N–H and O–H groups in total. The van der Waals surface area contributed by atoms with E-state index in [1.54, 1.807) is 24.3 Å². The van der Waals surface area contributed by atoms with Crippen molar-refractivity contribution in [3.8, 4) is 0 Å². The SMILES string of the molecule is O=C(NCc1ccc(F)cc1)C(Cl)c1ccccc1. The van der Waals surface area contributed by atoms with Gasteiger partial charge in [-0.15, -0.1) is 11.6 Å². The van der Waals surface area contributed by atoms with Crippen LogP contribution in [-0.2, 0) is 11.3 Å². The van der Waals surface area contributed by atoms with Gasteiger partial charge in [0.15, 0.2) is 0 Å². The van der Waals surface area contributed by atoms with E-state index in [1.165, 1.54) is 12.1 Å². The van der Waals surface area contributed by atoms with Gasteiger partial charge >= 0.3 is 0 Å². The van der Waals surface area contributed by atoms with Crippen LogP contribution in [0.2, 0.25) is 0 Å². The average molecular weight is 278 g/mol. The van der Waals surface area contributed by atoms with Gasteiger partial charge in [-0.2, -0.15) is 0 Å². The van der Waals surface area contributed by atoms with E-state index in [0.29, 0.717) is 6.54 Å². The summed E-state index contributed by atoms with van der Waals surface area (Å²) in [7, 11) is 0. The number of carbonyl (C=O) groups is 1. The summed E-state index contributed by atoms with van der Waals surface area (Å²) in [4.78, 5) is 11.9. The van der Waals surface area contributed by atoms with E-state index in [0.717, 1.165) is 11.1 Å². The molecule has 0 radical (unpaired) electrons. The molecule has 0 bridgehead atoms. The Morgan fingerprint density at radius 3 is 2.37 bits per heavy atom. The highest BCUT2D eigenvalue weighted by Crippen LogP contribution is 2.20. The molecule has 0 heterocycles. The lowest BCUT2D eigenvalue weighted by atomic mass is 10.1. The van der Waals surface area contributed by atoms with Gasteiger partial charge in [0.1, 0.15) is 11.2 Å². The summed E-state index contributed by atoms with van der Waals surface area (Å²) >= 11 is 6.08. The zero-order valence-corrected chi connectivity index (χ0v) is 10.9. The molecule has 0 fully saturated rings. The van der Waals surface area contributed by atoms with Crippen LogP contribution in [0, 0.1) is 5.82 Å². The van der Waals surface area contributed by atoms with Gasteiger partial charge in [0.25, 0.3) is 0 Å². The minimum atomic E-state index is -0.721. The summed E-state index contributed by atoms with van der Waals surface area (Å²) in [6, 6.07) is 15.1. The molecule has 0 saturated carbocycles. The highest BCUT2D eigenvalue weighted by molar-refractivity contribution is 6.30. The molecule has 0 aromatic heterocycles. The van der Waals surface area contributed by atoms with Gasteiger partial charge in [0, 0.05) is 6.54 Å². The van der Waals surface area contributed by atoms with Crippen LogP contribution in [0.25, 0.3) is 0 Å². The molecule has 4 heteroatoms. The molecule has 0 saturated heterocycles. The van der Waals surface area contributed by atoms with Crippen LogP contribution in [-0.4, -0.2) is 5.91 Å². The summed E-state index contributed by atoms with van der Waals surface area (Å²) in [6.45, 7) is 0.329. The lowest BCUT2D eigenvalue weighted by molar-refractivity contribution is -0.121. The first kappa shape index (κ1) is 13.6. The molecule has 1 atom stereocenters.